The van der Waals surface area contributed by atoms with Crippen molar-refractivity contribution in [3.05, 3.63) is 36.0 Å². The van der Waals surface area contributed by atoms with Gasteiger partial charge >= 0.3 is 6.03 Å². The quantitative estimate of drug-likeness (QED) is 0.348. The molecule has 0 radical (unpaired) electrons. The highest BCUT2D eigenvalue weighted by Gasteiger charge is 2.42. The van der Waals surface area contributed by atoms with Crippen LogP contribution in [-0.4, -0.2) is 76.1 Å². The van der Waals surface area contributed by atoms with Crippen LogP contribution in [0, 0.1) is 0 Å². The molecule has 1 heterocycles. The minimum absolute atomic E-state index is 0.0248. The second-order valence-electron chi connectivity index (χ2n) is 9.59. The van der Waals surface area contributed by atoms with E-state index in [2.05, 4.69) is 20.9 Å². The number of hydrogen-bond donors (Lipinski definition) is 4. The second-order valence-corrected chi connectivity index (χ2v) is 11.9. The van der Waals surface area contributed by atoms with Crippen LogP contribution in [0.15, 0.2) is 30.3 Å². The van der Waals surface area contributed by atoms with Gasteiger partial charge in [-0.3, -0.25) is 0 Å². The van der Waals surface area contributed by atoms with Crippen LogP contribution in [0.4, 0.5) is 16.3 Å². The van der Waals surface area contributed by atoms with E-state index in [0.29, 0.717) is 36.1 Å². The molecule has 1 aromatic heterocycles. The minimum atomic E-state index is -1.08. The molecule has 0 saturated heterocycles. The first-order valence-electron chi connectivity index (χ1n) is 12.2. The molecule has 2 aromatic rings. The average molecular weight is 503 g/mol. The number of carbonyl (C=O) groups is 1. The Labute approximate surface area is 211 Å². The molecule has 3 rings (SSSR count). The molecule has 1 saturated carbocycles. The number of nitrogens with zero attached hydrogens (tertiary/aromatic N) is 3. The van der Waals surface area contributed by atoms with E-state index in [9.17, 15) is 14.5 Å². The third-order valence-electron chi connectivity index (χ3n) is 6.11. The number of rotatable bonds is 11. The first-order valence-corrected chi connectivity index (χ1v) is 13.4. The third-order valence-corrected chi connectivity index (χ3v) is 8.41. The van der Waals surface area contributed by atoms with E-state index >= 15 is 0 Å². The fourth-order valence-electron chi connectivity index (χ4n) is 4.05. The van der Waals surface area contributed by atoms with Crippen LogP contribution >= 0.6 is 0 Å². The molecule has 0 spiro atoms. The van der Waals surface area contributed by atoms with Crippen LogP contribution in [0.1, 0.15) is 45.2 Å². The van der Waals surface area contributed by atoms with Gasteiger partial charge in [-0.1, -0.05) is 0 Å². The van der Waals surface area contributed by atoms with Crippen LogP contribution in [-0.2, 0) is 15.9 Å². The van der Waals surface area contributed by atoms with Gasteiger partial charge in [-0.25, -0.2) is 14.8 Å². The van der Waals surface area contributed by atoms with Crippen molar-refractivity contribution in [3.63, 3.8) is 0 Å². The summed E-state index contributed by atoms with van der Waals surface area (Å²) in [6, 6.07) is 8.89. The summed E-state index contributed by atoms with van der Waals surface area (Å²) in [7, 11) is 3.90. The summed E-state index contributed by atoms with van der Waals surface area (Å²) in [6.45, 7) is 5.60. The Kier molecular flexibility index (Phi) is 9.73. The summed E-state index contributed by atoms with van der Waals surface area (Å²) >= 11 is -1.08. The highest BCUT2D eigenvalue weighted by atomic mass is 32.2. The molecule has 0 aliphatic heterocycles. The summed E-state index contributed by atoms with van der Waals surface area (Å²) in [4.78, 5) is 23.5. The molecule has 35 heavy (non-hydrogen) atoms. The van der Waals surface area contributed by atoms with E-state index in [0.717, 1.165) is 37.8 Å². The number of carbonyl (C=O) groups excluding carboxylic acids is 1. The van der Waals surface area contributed by atoms with E-state index in [-0.39, 0.29) is 17.9 Å². The number of aliphatic hydroxyl groups is 1. The fourth-order valence-corrected chi connectivity index (χ4v) is 5.96. The zero-order chi connectivity index (χ0) is 25.4. The summed E-state index contributed by atoms with van der Waals surface area (Å²) in [6.07, 6.45) is 4.22. The Morgan fingerprint density at radius 1 is 1.17 bits per heavy atom. The monoisotopic (exact) mass is 502 g/mol. The molecule has 1 fully saturated rings. The van der Waals surface area contributed by atoms with Gasteiger partial charge in [0.15, 0.2) is 10.6 Å². The van der Waals surface area contributed by atoms with E-state index < -0.39 is 15.9 Å². The molecule has 1 atom stereocenters. The Balaban J connectivity index is 1.80. The predicted octanol–water partition coefficient (Wildman–Crippen LogP) is 3.16. The number of benzene rings is 1. The first-order chi connectivity index (χ1) is 16.7. The Bertz CT molecular complexity index is 964. The van der Waals surface area contributed by atoms with E-state index in [1.54, 1.807) is 12.1 Å². The normalized spacial score (nSPS) is 15.3. The standard InChI is InChI=1S/C25H38N6O3S/c1-25(2,35(34)20-7-5-6-8-20)21-17-22(26-14-16-32)30-23(29-21)18-9-11-19(12-10-18)28-24(33)27-13-15-31(3)4/h9-12,17,20,32H,5-8,13-16H2,1-4H3,(H,26,29,30)(H2,27,28,33). The van der Waals surface area contributed by atoms with Crippen molar-refractivity contribution in [2.75, 3.05) is 51.0 Å². The van der Waals surface area contributed by atoms with Crippen LogP contribution in [0.2, 0.25) is 0 Å². The first kappa shape index (κ1) is 27.2. The zero-order valence-corrected chi connectivity index (χ0v) is 22.0. The van der Waals surface area contributed by atoms with E-state index in [1.807, 2.05) is 51.0 Å². The molecule has 192 valence electrons. The number of aliphatic hydroxyl groups excluding tert-OH is 1. The average Bonchev–Trinajstić information content (AvgIpc) is 3.37. The molecular weight excluding hydrogens is 464 g/mol. The van der Waals surface area contributed by atoms with Gasteiger partial charge in [-0.2, -0.15) is 0 Å². The maximum atomic E-state index is 13.4. The van der Waals surface area contributed by atoms with E-state index in [4.69, 9.17) is 4.98 Å². The van der Waals surface area contributed by atoms with Crippen LogP contribution < -0.4 is 16.0 Å². The summed E-state index contributed by atoms with van der Waals surface area (Å²) in [5.41, 5.74) is 2.14. The topological polar surface area (TPSA) is 125 Å². The number of urea groups is 1. The van der Waals surface area contributed by atoms with Crippen LogP contribution in [0.25, 0.3) is 11.4 Å². The number of likely N-dealkylation sites (N-methyl/N-ethyl adjacent to an activating group) is 1. The lowest BCUT2D eigenvalue weighted by Gasteiger charge is -2.32. The lowest BCUT2D eigenvalue weighted by atomic mass is 10.1. The van der Waals surface area contributed by atoms with Gasteiger partial charge in [0.25, 0.3) is 0 Å². The van der Waals surface area contributed by atoms with Gasteiger partial charge < -0.3 is 30.5 Å². The lowest BCUT2D eigenvalue weighted by molar-refractivity contribution is 0.250. The number of aromatic nitrogens is 2. The molecule has 1 aromatic carbocycles. The third kappa shape index (κ3) is 7.54. The number of nitrogens with one attached hydrogen (secondary N) is 3. The molecule has 10 heteroatoms. The zero-order valence-electron chi connectivity index (χ0n) is 21.1. The number of anilines is 2. The van der Waals surface area contributed by atoms with Gasteiger partial charge in [-0.05, 0) is 89.1 Å². The largest absolute Gasteiger partial charge is 0.615 e. The van der Waals surface area contributed by atoms with Crippen LogP contribution in [0.3, 0.4) is 0 Å². The van der Waals surface area contributed by atoms with Gasteiger partial charge in [0.05, 0.1) is 6.61 Å². The van der Waals surface area contributed by atoms with Crippen molar-refractivity contribution >= 4 is 28.7 Å². The molecule has 0 bridgehead atoms. The maximum absolute atomic E-state index is 13.4. The molecule has 9 nitrogen and oxygen atoms in total. The van der Waals surface area contributed by atoms with Crippen molar-refractivity contribution in [1.29, 1.82) is 0 Å². The molecule has 4 N–H and O–H groups in total. The molecular formula is C25H38N6O3S. The Hall–Kier alpha value is -2.40. The summed E-state index contributed by atoms with van der Waals surface area (Å²) in [5, 5.41) is 18.2. The lowest BCUT2D eigenvalue weighted by Crippen LogP contribution is -2.37. The van der Waals surface area contributed by atoms with Crippen molar-refractivity contribution < 1.29 is 14.5 Å². The Morgan fingerprint density at radius 2 is 1.86 bits per heavy atom. The molecule has 1 unspecified atom stereocenters. The van der Waals surface area contributed by atoms with Gasteiger partial charge in [0, 0.05) is 37.0 Å². The van der Waals surface area contributed by atoms with Gasteiger partial charge in [0.2, 0.25) is 0 Å². The highest BCUT2D eigenvalue weighted by Crippen LogP contribution is 2.38. The summed E-state index contributed by atoms with van der Waals surface area (Å²) in [5.74, 6) is 1.08. The molecule has 1 aliphatic rings. The minimum Gasteiger partial charge on any atom is -0.615 e. The second kappa shape index (κ2) is 12.5. The van der Waals surface area contributed by atoms with Crippen molar-refractivity contribution in [2.24, 2.45) is 0 Å². The highest BCUT2D eigenvalue weighted by molar-refractivity contribution is 7.92. The van der Waals surface area contributed by atoms with E-state index in [1.165, 1.54) is 0 Å². The Morgan fingerprint density at radius 3 is 2.49 bits per heavy atom. The number of amides is 2. The van der Waals surface area contributed by atoms with Gasteiger partial charge in [0.1, 0.15) is 16.8 Å². The smallest absolute Gasteiger partial charge is 0.319 e. The van der Waals surface area contributed by atoms with Gasteiger partial charge in [-0.15, -0.1) is 0 Å². The fraction of sp³-hybridized carbons (Fsp3) is 0.560. The maximum Gasteiger partial charge on any atom is 0.319 e. The molecule has 1 aliphatic carbocycles. The van der Waals surface area contributed by atoms with Crippen molar-refractivity contribution in [3.8, 4) is 11.4 Å². The van der Waals surface area contributed by atoms with Crippen molar-refractivity contribution in [2.45, 2.75) is 49.5 Å². The number of hydrogen-bond acceptors (Lipinski definition) is 7. The molecule has 2 amide bonds. The predicted molar refractivity (Wildman–Crippen MR) is 142 cm³/mol. The summed E-state index contributed by atoms with van der Waals surface area (Å²) < 4.78 is 12.8. The van der Waals surface area contributed by atoms with Crippen molar-refractivity contribution in [1.82, 2.24) is 20.2 Å². The van der Waals surface area contributed by atoms with Crippen LogP contribution in [0.5, 0.6) is 0 Å². The SMILES string of the molecule is CN(C)CCNC(=O)Nc1ccc(-c2nc(NCCO)cc(C(C)(C)[S+]([O-])C3CCCC3)n2)cc1.